The molecule has 0 fully saturated rings. The minimum Gasteiger partial charge on any atom is -0.381 e. The van der Waals surface area contributed by atoms with Crippen LogP contribution in [0.4, 0.5) is 0 Å². The molecule has 4 heteroatoms. The second-order valence-corrected chi connectivity index (χ2v) is 1.59. The first-order valence-electron chi connectivity index (χ1n) is 1.97. The molecule has 0 amide bonds. The van der Waals surface area contributed by atoms with Crippen molar-refractivity contribution in [1.29, 1.82) is 0 Å². The van der Waals surface area contributed by atoms with Crippen molar-refractivity contribution in [3.8, 4) is 0 Å². The van der Waals surface area contributed by atoms with Gasteiger partial charge in [-0.3, -0.25) is 0 Å². The van der Waals surface area contributed by atoms with Gasteiger partial charge < -0.3 is 9.47 Å². The van der Waals surface area contributed by atoms with Gasteiger partial charge in [0.25, 0.3) is 0 Å². The summed E-state index contributed by atoms with van der Waals surface area (Å²) in [7, 11) is 3.12. The molecule has 1 unspecified atom stereocenters. The zero-order valence-electron chi connectivity index (χ0n) is 4.80. The summed E-state index contributed by atoms with van der Waals surface area (Å²) in [4.78, 5) is 0. The molecule has 0 bridgehead atoms. The van der Waals surface area contributed by atoms with E-state index < -0.39 is 0 Å². The van der Waals surface area contributed by atoms with Crippen LogP contribution in [0.25, 0.3) is 0 Å². The van der Waals surface area contributed by atoms with Gasteiger partial charge in [0.1, 0.15) is 0 Å². The minimum absolute atomic E-state index is 0. The summed E-state index contributed by atoms with van der Waals surface area (Å²) in [5, 5.41) is 0. The molecule has 0 aliphatic heterocycles. The molecular formula is C4H9ClNiO2. The molecule has 0 rings (SSSR count). The number of hydrogen-bond donors (Lipinski definition) is 0. The van der Waals surface area contributed by atoms with Crippen LogP contribution in [-0.4, -0.2) is 26.4 Å². The Morgan fingerprint density at radius 3 is 2.12 bits per heavy atom. The second kappa shape index (κ2) is 7.70. The normalized spacial score (nSPS) is 12.4. The number of hydrogen-bond acceptors (Lipinski definition) is 2. The smallest absolute Gasteiger partial charge is 0.153 e. The van der Waals surface area contributed by atoms with Crippen LogP contribution in [0.3, 0.4) is 0 Å². The Hall–Kier alpha value is 0.704. The molecule has 0 saturated heterocycles. The van der Waals surface area contributed by atoms with Gasteiger partial charge in [-0.25, -0.2) is 0 Å². The maximum Gasteiger partial charge on any atom is 0.153 e. The largest absolute Gasteiger partial charge is 0.381 e. The third kappa shape index (κ3) is 6.70. The van der Waals surface area contributed by atoms with E-state index in [1.165, 1.54) is 7.11 Å². The molecule has 0 aromatic carbocycles. The van der Waals surface area contributed by atoms with E-state index in [0.717, 1.165) is 0 Å². The van der Waals surface area contributed by atoms with Gasteiger partial charge in [-0.2, -0.15) is 0 Å². The van der Waals surface area contributed by atoms with Crippen LogP contribution < -0.4 is 0 Å². The Kier molecular flexibility index (Phi) is 11.1. The van der Waals surface area contributed by atoms with Crippen LogP contribution in [0.2, 0.25) is 0 Å². The minimum atomic E-state index is -0.301. The number of ether oxygens (including phenoxy) is 2. The van der Waals surface area contributed by atoms with Crippen LogP contribution in [0, 0.1) is 0 Å². The van der Waals surface area contributed by atoms with Gasteiger partial charge in [0.2, 0.25) is 0 Å². The Bertz CT molecular complexity index is 45.0. The van der Waals surface area contributed by atoms with Gasteiger partial charge in [0, 0.05) is 30.7 Å². The Morgan fingerprint density at radius 1 is 1.50 bits per heavy atom. The number of methoxy groups -OCH3 is 2. The van der Waals surface area contributed by atoms with Crippen molar-refractivity contribution in [3.63, 3.8) is 0 Å². The van der Waals surface area contributed by atoms with Crippen molar-refractivity contribution in [3.05, 3.63) is 0 Å². The van der Waals surface area contributed by atoms with Crippen LogP contribution in [0.5, 0.6) is 0 Å². The van der Waals surface area contributed by atoms with E-state index >= 15 is 0 Å². The molecule has 0 aromatic heterocycles. The average Bonchev–Trinajstić information content (AvgIpc) is 1.68. The Morgan fingerprint density at radius 2 is 2.00 bits per heavy atom. The molecule has 0 aliphatic rings. The van der Waals surface area contributed by atoms with Gasteiger partial charge in [0.15, 0.2) is 5.56 Å². The van der Waals surface area contributed by atoms with E-state index in [1.54, 1.807) is 7.11 Å². The summed E-state index contributed by atoms with van der Waals surface area (Å²) in [5.41, 5.74) is -0.301. The SMILES string of the molecule is COCC(Cl)OC.[Ni]. The van der Waals surface area contributed by atoms with Crippen molar-refractivity contribution in [2.45, 2.75) is 5.56 Å². The number of rotatable bonds is 3. The monoisotopic (exact) mass is 182 g/mol. The van der Waals surface area contributed by atoms with Crippen LogP contribution in [-0.2, 0) is 26.0 Å². The molecule has 2 nitrogen and oxygen atoms in total. The molecule has 1 atom stereocenters. The van der Waals surface area contributed by atoms with E-state index in [9.17, 15) is 0 Å². The van der Waals surface area contributed by atoms with E-state index in [2.05, 4.69) is 9.47 Å². The zero-order chi connectivity index (χ0) is 5.70. The van der Waals surface area contributed by atoms with Crippen LogP contribution in [0.15, 0.2) is 0 Å². The van der Waals surface area contributed by atoms with Crippen molar-refractivity contribution >= 4 is 11.6 Å². The molecule has 54 valence electrons. The van der Waals surface area contributed by atoms with E-state index in [0.29, 0.717) is 6.61 Å². The number of alkyl halides is 1. The predicted molar refractivity (Wildman–Crippen MR) is 28.5 cm³/mol. The first-order valence-corrected chi connectivity index (χ1v) is 2.40. The topological polar surface area (TPSA) is 18.5 Å². The van der Waals surface area contributed by atoms with E-state index in [-0.39, 0.29) is 22.1 Å². The maximum absolute atomic E-state index is 5.42. The fourth-order valence-corrected chi connectivity index (χ4v) is 0.325. The van der Waals surface area contributed by atoms with E-state index in [1.807, 2.05) is 0 Å². The molecule has 0 N–H and O–H groups in total. The molecule has 0 aliphatic carbocycles. The maximum atomic E-state index is 5.42. The number of halogens is 1. The quantitative estimate of drug-likeness (QED) is 0.477. The van der Waals surface area contributed by atoms with Gasteiger partial charge in [-0.15, -0.1) is 0 Å². The third-order valence-electron chi connectivity index (χ3n) is 0.553. The molecule has 0 aromatic rings. The molecule has 0 saturated carbocycles. The van der Waals surface area contributed by atoms with Crippen LogP contribution >= 0.6 is 11.6 Å². The third-order valence-corrected chi connectivity index (χ3v) is 0.858. The standard InChI is InChI=1S/C4H9ClO2.Ni/c1-6-3-4(5)7-2;/h4H,3H2,1-2H3;. The van der Waals surface area contributed by atoms with Gasteiger partial charge in [0.05, 0.1) is 6.61 Å². The van der Waals surface area contributed by atoms with Crippen molar-refractivity contribution < 1.29 is 26.0 Å². The molecule has 0 radical (unpaired) electrons. The Labute approximate surface area is 64.4 Å². The summed E-state index contributed by atoms with van der Waals surface area (Å²) in [6.45, 7) is 0.443. The van der Waals surface area contributed by atoms with Crippen LogP contribution in [0.1, 0.15) is 0 Å². The molecule has 0 heterocycles. The fourth-order valence-electron chi connectivity index (χ4n) is 0.199. The summed E-state index contributed by atoms with van der Waals surface area (Å²) in [6, 6.07) is 0. The van der Waals surface area contributed by atoms with Gasteiger partial charge in [-0.05, 0) is 0 Å². The van der Waals surface area contributed by atoms with Crippen molar-refractivity contribution in [2.24, 2.45) is 0 Å². The van der Waals surface area contributed by atoms with Crippen molar-refractivity contribution in [2.75, 3.05) is 20.8 Å². The predicted octanol–water partition coefficient (Wildman–Crippen LogP) is 0.842. The summed E-state index contributed by atoms with van der Waals surface area (Å²) in [5.74, 6) is 0. The molecule has 0 spiro atoms. The first kappa shape index (κ1) is 11.5. The summed E-state index contributed by atoms with van der Waals surface area (Å²) < 4.78 is 9.27. The van der Waals surface area contributed by atoms with Gasteiger partial charge >= 0.3 is 0 Å². The fraction of sp³-hybridized carbons (Fsp3) is 1.00. The van der Waals surface area contributed by atoms with E-state index in [4.69, 9.17) is 11.6 Å². The first-order chi connectivity index (χ1) is 3.31. The molecular weight excluding hydrogens is 174 g/mol. The zero-order valence-corrected chi connectivity index (χ0v) is 6.54. The van der Waals surface area contributed by atoms with Crippen molar-refractivity contribution in [1.82, 2.24) is 0 Å². The van der Waals surface area contributed by atoms with Gasteiger partial charge in [-0.1, -0.05) is 11.6 Å². The molecule has 8 heavy (non-hydrogen) atoms. The average molecular weight is 183 g/mol. The Balaban J connectivity index is 0. The summed E-state index contributed by atoms with van der Waals surface area (Å²) >= 11 is 5.42. The summed E-state index contributed by atoms with van der Waals surface area (Å²) in [6.07, 6.45) is 0. The second-order valence-electron chi connectivity index (χ2n) is 1.10.